The summed E-state index contributed by atoms with van der Waals surface area (Å²) in [7, 11) is 0. The summed E-state index contributed by atoms with van der Waals surface area (Å²) in [6.07, 6.45) is 0. The number of halogens is 4. The van der Waals surface area contributed by atoms with Gasteiger partial charge in [0.1, 0.15) is 11.8 Å². The van der Waals surface area contributed by atoms with Crippen molar-refractivity contribution in [1.82, 2.24) is 0 Å². The molecule has 6 heteroatoms. The number of rotatable bonds is 3. The lowest BCUT2D eigenvalue weighted by atomic mass is 10.2. The Kier molecular flexibility index (Phi) is 5.61. The van der Waals surface area contributed by atoms with E-state index < -0.39 is 0 Å². The van der Waals surface area contributed by atoms with Gasteiger partial charge in [0, 0.05) is 9.80 Å². The van der Waals surface area contributed by atoms with Crippen LogP contribution in [0.15, 0.2) is 19.5 Å². The van der Waals surface area contributed by atoms with Crippen LogP contribution in [0.5, 0.6) is 5.75 Å². The van der Waals surface area contributed by atoms with Gasteiger partial charge in [-0.3, -0.25) is 0 Å². The number of benzene rings is 1. The summed E-state index contributed by atoms with van der Waals surface area (Å²) >= 11 is 13.3. The van der Waals surface area contributed by atoms with E-state index in [-0.39, 0.29) is 0 Å². The van der Waals surface area contributed by atoms with Gasteiger partial charge in [-0.15, -0.1) is 0 Å². The molecule has 0 radical (unpaired) electrons. The minimum Gasteiger partial charge on any atom is -0.490 e. The van der Waals surface area contributed by atoms with Gasteiger partial charge < -0.3 is 4.74 Å². The van der Waals surface area contributed by atoms with Crippen molar-refractivity contribution in [2.24, 2.45) is 0 Å². The van der Waals surface area contributed by atoms with Crippen LogP contribution in [0.25, 0.3) is 0 Å². The molecular weight excluding hydrogens is 458 g/mol. The highest BCUT2D eigenvalue weighted by Crippen LogP contribution is 2.39. The molecule has 0 N–H and O–H groups in total. The molecule has 0 bridgehead atoms. The second-order valence-electron chi connectivity index (χ2n) is 2.51. The van der Waals surface area contributed by atoms with Crippen LogP contribution in [0, 0.1) is 11.3 Å². The molecule has 0 fully saturated rings. The van der Waals surface area contributed by atoms with Crippen molar-refractivity contribution in [3.05, 3.63) is 25.0 Å². The van der Waals surface area contributed by atoms with Crippen LogP contribution in [0.3, 0.4) is 0 Å². The number of alkyl halides is 1. The summed E-state index contributed by atoms with van der Waals surface area (Å²) in [6, 6.07) is 3.90. The lowest BCUT2D eigenvalue weighted by molar-refractivity contribution is 0.340. The molecule has 15 heavy (non-hydrogen) atoms. The second kappa shape index (κ2) is 6.24. The van der Waals surface area contributed by atoms with E-state index in [1.807, 2.05) is 0 Å². The Balaban J connectivity index is 3.21. The fourth-order valence-electron chi connectivity index (χ4n) is 0.948. The van der Waals surface area contributed by atoms with Crippen molar-refractivity contribution in [3.8, 4) is 11.8 Å². The normalized spacial score (nSPS) is 9.80. The lowest BCUT2D eigenvalue weighted by Gasteiger charge is -2.11. The average molecular weight is 463 g/mol. The maximum absolute atomic E-state index is 8.95. The Morgan fingerprint density at radius 1 is 1.27 bits per heavy atom. The summed E-state index contributed by atoms with van der Waals surface area (Å²) in [6.45, 7) is 0.545. The van der Waals surface area contributed by atoms with Gasteiger partial charge in [0.15, 0.2) is 0 Å². The largest absolute Gasteiger partial charge is 0.490 e. The van der Waals surface area contributed by atoms with Crippen LogP contribution in [-0.4, -0.2) is 11.9 Å². The predicted molar refractivity (Wildman–Crippen MR) is 73.5 cm³/mol. The van der Waals surface area contributed by atoms with Crippen LogP contribution in [-0.2, 0) is 0 Å². The fraction of sp³-hybridized carbons (Fsp3) is 0.222. The van der Waals surface area contributed by atoms with Gasteiger partial charge in [0.25, 0.3) is 0 Å². The molecule has 1 rings (SSSR count). The average Bonchev–Trinajstić information content (AvgIpc) is 2.17. The Hall–Kier alpha value is 0.430. The molecule has 0 aliphatic heterocycles. The van der Waals surface area contributed by atoms with Crippen molar-refractivity contribution < 1.29 is 4.74 Å². The summed E-state index contributed by atoms with van der Waals surface area (Å²) in [5, 5.41) is 9.69. The first-order valence-electron chi connectivity index (χ1n) is 3.88. The van der Waals surface area contributed by atoms with Crippen molar-refractivity contribution >= 4 is 63.7 Å². The van der Waals surface area contributed by atoms with Gasteiger partial charge in [-0.25, -0.2) is 0 Å². The van der Waals surface area contributed by atoms with Crippen molar-refractivity contribution in [3.63, 3.8) is 0 Å². The summed E-state index contributed by atoms with van der Waals surface area (Å²) < 4.78 is 7.70. The molecule has 0 amide bonds. The van der Waals surface area contributed by atoms with Crippen LogP contribution in [0.4, 0.5) is 0 Å². The fourth-order valence-corrected chi connectivity index (χ4v) is 3.64. The summed E-state index contributed by atoms with van der Waals surface area (Å²) in [4.78, 5) is 0. The van der Waals surface area contributed by atoms with Gasteiger partial charge in [-0.05, 0) is 53.9 Å². The minimum atomic E-state index is 0.530. The van der Waals surface area contributed by atoms with Gasteiger partial charge in [-0.2, -0.15) is 5.26 Å². The number of nitrogens with zero attached hydrogens (tertiary/aromatic N) is 1. The van der Waals surface area contributed by atoms with Crippen molar-refractivity contribution in [2.75, 3.05) is 11.9 Å². The Morgan fingerprint density at radius 3 is 2.47 bits per heavy atom. The molecule has 0 aromatic heterocycles. The maximum Gasteiger partial charge on any atom is 0.149 e. The number of hydrogen-bond donors (Lipinski definition) is 0. The van der Waals surface area contributed by atoms with Gasteiger partial charge in [0.05, 0.1) is 21.1 Å². The summed E-state index contributed by atoms with van der Waals surface area (Å²) in [5.74, 6) is 0.647. The molecular formula is C9H5Br4NO. The first-order chi connectivity index (χ1) is 7.11. The quantitative estimate of drug-likeness (QED) is 0.614. The summed E-state index contributed by atoms with van der Waals surface area (Å²) in [5.41, 5.74) is 0.530. The zero-order valence-corrected chi connectivity index (χ0v) is 13.7. The maximum atomic E-state index is 8.95. The first-order valence-corrected chi connectivity index (χ1v) is 7.38. The Morgan fingerprint density at radius 2 is 1.93 bits per heavy atom. The van der Waals surface area contributed by atoms with Crippen LogP contribution in [0.2, 0.25) is 0 Å². The molecule has 0 aliphatic rings. The third kappa shape index (κ3) is 3.19. The van der Waals surface area contributed by atoms with Crippen LogP contribution in [0.1, 0.15) is 5.56 Å². The van der Waals surface area contributed by atoms with Crippen molar-refractivity contribution in [1.29, 1.82) is 5.26 Å². The first kappa shape index (κ1) is 13.5. The van der Waals surface area contributed by atoms with E-state index in [1.165, 1.54) is 0 Å². The van der Waals surface area contributed by atoms with E-state index in [1.54, 1.807) is 6.07 Å². The highest BCUT2D eigenvalue weighted by molar-refractivity contribution is 9.11. The highest BCUT2D eigenvalue weighted by atomic mass is 79.9. The zero-order valence-electron chi connectivity index (χ0n) is 7.36. The number of hydrogen-bond acceptors (Lipinski definition) is 2. The topological polar surface area (TPSA) is 33.0 Å². The molecule has 0 atom stereocenters. The van der Waals surface area contributed by atoms with E-state index in [4.69, 9.17) is 10.00 Å². The van der Waals surface area contributed by atoms with Crippen LogP contribution >= 0.6 is 63.7 Å². The van der Waals surface area contributed by atoms with E-state index >= 15 is 0 Å². The molecule has 2 nitrogen and oxygen atoms in total. The van der Waals surface area contributed by atoms with Gasteiger partial charge >= 0.3 is 0 Å². The highest BCUT2D eigenvalue weighted by Gasteiger charge is 2.14. The van der Waals surface area contributed by atoms with Gasteiger partial charge in [-0.1, -0.05) is 15.9 Å². The standard InChI is InChI=1S/C9H5Br4NO/c10-1-2-15-9-7(12)3-6(11)5(4-14)8(9)13/h3H,1-2H2. The van der Waals surface area contributed by atoms with E-state index in [0.29, 0.717) is 22.4 Å². The predicted octanol–water partition coefficient (Wildman–Crippen LogP) is 4.62. The third-order valence-corrected chi connectivity index (χ3v) is 3.86. The number of nitriles is 1. The Labute approximate surface area is 122 Å². The van der Waals surface area contributed by atoms with Crippen LogP contribution < -0.4 is 4.74 Å². The number of ether oxygens (including phenoxy) is 1. The zero-order chi connectivity index (χ0) is 11.4. The third-order valence-electron chi connectivity index (χ3n) is 1.56. The molecule has 1 aromatic rings. The van der Waals surface area contributed by atoms with E-state index in [0.717, 1.165) is 14.3 Å². The monoisotopic (exact) mass is 459 g/mol. The lowest BCUT2D eigenvalue weighted by Crippen LogP contribution is -2.00. The van der Waals surface area contributed by atoms with E-state index in [2.05, 4.69) is 69.8 Å². The molecule has 0 saturated heterocycles. The molecule has 0 spiro atoms. The SMILES string of the molecule is N#Cc1c(Br)cc(Br)c(OCCBr)c1Br. The molecule has 80 valence electrons. The Bertz CT molecular complexity index is 414. The molecule has 0 unspecified atom stereocenters. The molecule has 0 heterocycles. The second-order valence-corrected chi connectivity index (χ2v) is 5.80. The molecule has 0 saturated carbocycles. The van der Waals surface area contributed by atoms with Crippen molar-refractivity contribution in [2.45, 2.75) is 0 Å². The smallest absolute Gasteiger partial charge is 0.149 e. The molecule has 0 aliphatic carbocycles. The van der Waals surface area contributed by atoms with Gasteiger partial charge in [0.2, 0.25) is 0 Å². The molecule has 1 aromatic carbocycles. The van der Waals surface area contributed by atoms with E-state index in [9.17, 15) is 0 Å². The minimum absolute atomic E-state index is 0.530.